The second kappa shape index (κ2) is 6.44. The van der Waals surface area contributed by atoms with Crippen LogP contribution in [0.5, 0.6) is 5.88 Å². The van der Waals surface area contributed by atoms with Gasteiger partial charge in [0.05, 0.1) is 12.8 Å². The normalized spacial score (nSPS) is 12.6. The minimum Gasteiger partial charge on any atom is -0.479 e. The summed E-state index contributed by atoms with van der Waals surface area (Å²) < 4.78 is 5.17. The number of hydrogen-bond acceptors (Lipinski definition) is 5. The Morgan fingerprint density at radius 1 is 1.39 bits per heavy atom. The Morgan fingerprint density at radius 3 is 2.56 bits per heavy atom. The Bertz CT molecular complexity index is 381. The van der Waals surface area contributed by atoms with E-state index in [0.29, 0.717) is 17.6 Å². The van der Waals surface area contributed by atoms with Crippen molar-refractivity contribution in [2.24, 2.45) is 0 Å². The van der Waals surface area contributed by atoms with Crippen LogP contribution in [-0.2, 0) is 0 Å². The second-order valence-corrected chi connectivity index (χ2v) is 4.67. The molecule has 5 nitrogen and oxygen atoms in total. The van der Waals surface area contributed by atoms with E-state index in [4.69, 9.17) is 10.5 Å². The van der Waals surface area contributed by atoms with E-state index in [0.717, 1.165) is 18.9 Å². The van der Waals surface area contributed by atoms with Gasteiger partial charge in [0, 0.05) is 19.1 Å². The highest BCUT2D eigenvalue weighted by Gasteiger charge is 2.16. The summed E-state index contributed by atoms with van der Waals surface area (Å²) in [5.41, 5.74) is 6.35. The zero-order valence-corrected chi connectivity index (χ0v) is 12.0. The molecule has 0 aliphatic heterocycles. The lowest BCUT2D eigenvalue weighted by atomic mass is 10.2. The summed E-state index contributed by atoms with van der Waals surface area (Å²) in [4.78, 5) is 8.86. The molecule has 1 atom stereocenters. The van der Waals surface area contributed by atoms with E-state index in [2.05, 4.69) is 42.7 Å². The molecule has 0 amide bonds. The third-order valence-corrected chi connectivity index (χ3v) is 2.86. The van der Waals surface area contributed by atoms with Crippen molar-refractivity contribution in [1.82, 2.24) is 9.88 Å². The summed E-state index contributed by atoms with van der Waals surface area (Å²) in [6.07, 6.45) is 0. The maximum absolute atomic E-state index is 5.78. The fourth-order valence-corrected chi connectivity index (χ4v) is 2.09. The summed E-state index contributed by atoms with van der Waals surface area (Å²) in [5.74, 6) is 1.39. The van der Waals surface area contributed by atoms with Gasteiger partial charge in [-0.3, -0.25) is 0 Å². The summed E-state index contributed by atoms with van der Waals surface area (Å²) in [6, 6.07) is 4.16. The van der Waals surface area contributed by atoms with Gasteiger partial charge in [-0.1, -0.05) is 0 Å². The number of ether oxygens (including phenoxy) is 1. The van der Waals surface area contributed by atoms with Gasteiger partial charge in [-0.05, 0) is 40.1 Å². The number of nitrogens with zero attached hydrogens (tertiary/aromatic N) is 3. The third kappa shape index (κ3) is 3.50. The van der Waals surface area contributed by atoms with E-state index < -0.39 is 0 Å². The Balaban J connectivity index is 2.94. The first-order valence-electron chi connectivity index (χ1n) is 6.21. The number of nitrogen functional groups attached to an aromatic ring is 1. The lowest BCUT2D eigenvalue weighted by Gasteiger charge is -2.31. The smallest absolute Gasteiger partial charge is 0.238 e. The fourth-order valence-electron chi connectivity index (χ4n) is 2.09. The van der Waals surface area contributed by atoms with Crippen LogP contribution >= 0.6 is 0 Å². The molecule has 0 aromatic carbocycles. The van der Waals surface area contributed by atoms with Gasteiger partial charge in [0.1, 0.15) is 5.82 Å². The number of hydrogen-bond donors (Lipinski definition) is 1. The molecule has 1 aromatic rings. The van der Waals surface area contributed by atoms with Gasteiger partial charge in [0.25, 0.3) is 0 Å². The van der Waals surface area contributed by atoms with Crippen LogP contribution in [0.4, 0.5) is 11.5 Å². The molecule has 2 N–H and O–H groups in total. The highest BCUT2D eigenvalue weighted by Crippen LogP contribution is 2.23. The first-order valence-corrected chi connectivity index (χ1v) is 6.21. The minimum absolute atomic E-state index is 0.380. The largest absolute Gasteiger partial charge is 0.479 e. The molecule has 0 spiro atoms. The average Bonchev–Trinajstić information content (AvgIpc) is 2.31. The average molecular weight is 252 g/mol. The van der Waals surface area contributed by atoms with E-state index in [-0.39, 0.29) is 0 Å². The van der Waals surface area contributed by atoms with Crippen LogP contribution in [0.2, 0.25) is 0 Å². The first kappa shape index (κ1) is 14.6. The third-order valence-electron chi connectivity index (χ3n) is 2.86. The molecule has 0 bridgehead atoms. The molecule has 5 heteroatoms. The molecule has 1 rings (SSSR count). The van der Waals surface area contributed by atoms with Gasteiger partial charge in [-0.15, -0.1) is 0 Å². The van der Waals surface area contributed by atoms with E-state index in [1.807, 2.05) is 12.1 Å². The molecule has 102 valence electrons. The number of pyridine rings is 1. The number of anilines is 2. The molecule has 1 aromatic heterocycles. The molecule has 18 heavy (non-hydrogen) atoms. The van der Waals surface area contributed by atoms with Crippen molar-refractivity contribution >= 4 is 11.5 Å². The standard InChI is InChI=1S/C13H24N4O/c1-6-17(10(2)9-16(3)4)12-8-7-11(14)13(15-12)18-5/h7-8,10H,6,9,14H2,1-5H3. The fraction of sp³-hybridized carbons (Fsp3) is 0.615. The Labute approximate surface area is 110 Å². The predicted molar refractivity (Wildman–Crippen MR) is 76.2 cm³/mol. The molecule has 0 saturated carbocycles. The van der Waals surface area contributed by atoms with Crippen LogP contribution < -0.4 is 15.4 Å². The minimum atomic E-state index is 0.380. The lowest BCUT2D eigenvalue weighted by molar-refractivity contribution is 0.370. The SMILES string of the molecule is CCN(c1ccc(N)c(OC)n1)C(C)CN(C)C. The van der Waals surface area contributed by atoms with Gasteiger partial charge >= 0.3 is 0 Å². The monoisotopic (exact) mass is 252 g/mol. The second-order valence-electron chi connectivity index (χ2n) is 4.67. The van der Waals surface area contributed by atoms with Crippen molar-refractivity contribution in [3.63, 3.8) is 0 Å². The summed E-state index contributed by atoms with van der Waals surface area (Å²) >= 11 is 0. The van der Waals surface area contributed by atoms with Crippen molar-refractivity contribution in [2.45, 2.75) is 19.9 Å². The van der Waals surface area contributed by atoms with Crippen LogP contribution in [0.25, 0.3) is 0 Å². The maximum Gasteiger partial charge on any atom is 0.238 e. The molecular weight excluding hydrogens is 228 g/mol. The first-order chi connectivity index (χ1) is 8.49. The molecule has 0 aliphatic rings. The van der Waals surface area contributed by atoms with E-state index in [9.17, 15) is 0 Å². The van der Waals surface area contributed by atoms with Gasteiger partial charge < -0.3 is 20.3 Å². The van der Waals surface area contributed by atoms with E-state index in [1.165, 1.54) is 0 Å². The lowest BCUT2D eigenvalue weighted by Crippen LogP contribution is -2.40. The molecule has 0 aliphatic carbocycles. The summed E-state index contributed by atoms with van der Waals surface area (Å²) in [7, 11) is 5.73. The van der Waals surface area contributed by atoms with Crippen molar-refractivity contribution in [3.8, 4) is 5.88 Å². The molecular formula is C13H24N4O. The van der Waals surface area contributed by atoms with E-state index >= 15 is 0 Å². The molecule has 1 heterocycles. The van der Waals surface area contributed by atoms with Gasteiger partial charge in [0.2, 0.25) is 5.88 Å². The van der Waals surface area contributed by atoms with Crippen LogP contribution in [0.15, 0.2) is 12.1 Å². The Morgan fingerprint density at radius 2 is 2.06 bits per heavy atom. The number of likely N-dealkylation sites (N-methyl/N-ethyl adjacent to an activating group) is 2. The highest BCUT2D eigenvalue weighted by atomic mass is 16.5. The van der Waals surface area contributed by atoms with Crippen LogP contribution in [0.1, 0.15) is 13.8 Å². The number of aromatic nitrogens is 1. The van der Waals surface area contributed by atoms with Gasteiger partial charge in [0.15, 0.2) is 0 Å². The van der Waals surface area contributed by atoms with Crippen LogP contribution in [-0.4, -0.2) is 50.2 Å². The van der Waals surface area contributed by atoms with Crippen LogP contribution in [0.3, 0.4) is 0 Å². The Kier molecular flexibility index (Phi) is 5.22. The Hall–Kier alpha value is -1.49. The summed E-state index contributed by atoms with van der Waals surface area (Å²) in [6.45, 7) is 6.18. The van der Waals surface area contributed by atoms with Crippen molar-refractivity contribution in [3.05, 3.63) is 12.1 Å². The van der Waals surface area contributed by atoms with Gasteiger partial charge in [-0.25, -0.2) is 0 Å². The summed E-state index contributed by atoms with van der Waals surface area (Å²) in [5, 5.41) is 0. The van der Waals surface area contributed by atoms with Crippen molar-refractivity contribution in [2.75, 3.05) is 44.9 Å². The quantitative estimate of drug-likeness (QED) is 0.830. The molecule has 0 saturated heterocycles. The molecule has 0 radical (unpaired) electrons. The molecule has 0 fully saturated rings. The van der Waals surface area contributed by atoms with E-state index in [1.54, 1.807) is 7.11 Å². The van der Waals surface area contributed by atoms with Crippen LogP contribution in [0, 0.1) is 0 Å². The number of nitrogens with two attached hydrogens (primary N) is 1. The van der Waals surface area contributed by atoms with Crippen molar-refractivity contribution < 1.29 is 4.74 Å². The topological polar surface area (TPSA) is 54.6 Å². The maximum atomic E-state index is 5.78. The zero-order valence-electron chi connectivity index (χ0n) is 12.0. The van der Waals surface area contributed by atoms with Gasteiger partial charge in [-0.2, -0.15) is 4.98 Å². The van der Waals surface area contributed by atoms with Crippen molar-refractivity contribution in [1.29, 1.82) is 0 Å². The predicted octanol–water partition coefficient (Wildman–Crippen LogP) is 1.45. The number of methoxy groups -OCH3 is 1. The number of rotatable bonds is 6. The highest BCUT2D eigenvalue weighted by molar-refractivity contribution is 5.54. The molecule has 1 unspecified atom stereocenters. The zero-order chi connectivity index (χ0) is 13.7.